The topological polar surface area (TPSA) is 24.9 Å². The van der Waals surface area contributed by atoms with Crippen LogP contribution in [0, 0.1) is 11.8 Å². The standard InChI is InChI=1S/C15H24N2/c1-11-8-12(2)10-14(9-11)17-13(3)15-6-4-5-7-16-15/h4-7,11-14,17H,8-10H2,1-3H3/t11?,12?,13-,14?/m0/s1. The fraction of sp³-hybridized carbons (Fsp3) is 0.667. The average Bonchev–Trinajstić information content (AvgIpc) is 2.28. The van der Waals surface area contributed by atoms with Crippen LogP contribution in [0.25, 0.3) is 0 Å². The van der Waals surface area contributed by atoms with E-state index in [0.29, 0.717) is 12.1 Å². The first-order valence-electron chi connectivity index (χ1n) is 6.82. The van der Waals surface area contributed by atoms with Gasteiger partial charge in [0.15, 0.2) is 0 Å². The lowest BCUT2D eigenvalue weighted by atomic mass is 9.80. The molecule has 1 aliphatic carbocycles. The normalized spacial score (nSPS) is 31.1. The molecule has 0 saturated heterocycles. The molecule has 1 aromatic rings. The maximum absolute atomic E-state index is 4.42. The van der Waals surface area contributed by atoms with Crippen molar-refractivity contribution in [2.45, 2.75) is 52.1 Å². The van der Waals surface area contributed by atoms with Crippen LogP contribution < -0.4 is 5.32 Å². The Labute approximate surface area is 105 Å². The van der Waals surface area contributed by atoms with E-state index >= 15 is 0 Å². The fourth-order valence-corrected chi connectivity index (χ4v) is 3.15. The van der Waals surface area contributed by atoms with Gasteiger partial charge in [-0.3, -0.25) is 4.98 Å². The van der Waals surface area contributed by atoms with E-state index in [9.17, 15) is 0 Å². The average molecular weight is 232 g/mol. The molecule has 17 heavy (non-hydrogen) atoms. The van der Waals surface area contributed by atoms with Crippen molar-refractivity contribution in [1.82, 2.24) is 10.3 Å². The van der Waals surface area contributed by atoms with Crippen LogP contribution in [-0.4, -0.2) is 11.0 Å². The third-order valence-corrected chi connectivity index (χ3v) is 3.80. The summed E-state index contributed by atoms with van der Waals surface area (Å²) < 4.78 is 0. The van der Waals surface area contributed by atoms with Gasteiger partial charge in [-0.1, -0.05) is 19.9 Å². The molecule has 1 aromatic heterocycles. The number of pyridine rings is 1. The number of hydrogen-bond acceptors (Lipinski definition) is 2. The lowest BCUT2D eigenvalue weighted by molar-refractivity contribution is 0.227. The van der Waals surface area contributed by atoms with E-state index in [-0.39, 0.29) is 0 Å². The van der Waals surface area contributed by atoms with E-state index in [1.165, 1.54) is 19.3 Å². The van der Waals surface area contributed by atoms with E-state index in [1.54, 1.807) is 0 Å². The molecule has 0 aromatic carbocycles. The summed E-state index contributed by atoms with van der Waals surface area (Å²) in [7, 11) is 0. The first kappa shape index (κ1) is 12.6. The lowest BCUT2D eigenvalue weighted by Crippen LogP contribution is -2.37. The molecule has 2 nitrogen and oxygen atoms in total. The van der Waals surface area contributed by atoms with Crippen molar-refractivity contribution < 1.29 is 0 Å². The number of aromatic nitrogens is 1. The van der Waals surface area contributed by atoms with E-state index in [0.717, 1.165) is 17.5 Å². The second-order valence-electron chi connectivity index (χ2n) is 5.76. The summed E-state index contributed by atoms with van der Waals surface area (Å²) in [5.41, 5.74) is 1.15. The molecule has 0 spiro atoms. The van der Waals surface area contributed by atoms with Crippen LogP contribution in [0.1, 0.15) is 51.8 Å². The van der Waals surface area contributed by atoms with Crippen molar-refractivity contribution in [1.29, 1.82) is 0 Å². The lowest BCUT2D eigenvalue weighted by Gasteiger charge is -2.33. The summed E-state index contributed by atoms with van der Waals surface area (Å²) in [5, 5.41) is 3.73. The van der Waals surface area contributed by atoms with Gasteiger partial charge in [0.2, 0.25) is 0 Å². The third-order valence-electron chi connectivity index (χ3n) is 3.80. The molecule has 1 heterocycles. The Bertz CT molecular complexity index is 326. The van der Waals surface area contributed by atoms with Crippen LogP contribution in [0.3, 0.4) is 0 Å². The minimum atomic E-state index is 0.360. The predicted molar refractivity (Wildman–Crippen MR) is 71.8 cm³/mol. The van der Waals surface area contributed by atoms with Crippen molar-refractivity contribution in [3.8, 4) is 0 Å². The Morgan fingerprint density at radius 1 is 1.18 bits per heavy atom. The van der Waals surface area contributed by atoms with Gasteiger partial charge in [0.25, 0.3) is 0 Å². The maximum atomic E-state index is 4.42. The monoisotopic (exact) mass is 232 g/mol. The minimum Gasteiger partial charge on any atom is -0.306 e. The van der Waals surface area contributed by atoms with Crippen LogP contribution in [0.15, 0.2) is 24.4 Å². The zero-order valence-corrected chi connectivity index (χ0v) is 11.2. The van der Waals surface area contributed by atoms with Gasteiger partial charge in [0.05, 0.1) is 5.69 Å². The van der Waals surface area contributed by atoms with Gasteiger partial charge in [-0.25, -0.2) is 0 Å². The van der Waals surface area contributed by atoms with Gasteiger partial charge >= 0.3 is 0 Å². The molecule has 2 rings (SSSR count). The summed E-state index contributed by atoms with van der Waals surface area (Å²) in [6.45, 7) is 6.96. The largest absolute Gasteiger partial charge is 0.306 e. The van der Waals surface area contributed by atoms with Crippen molar-refractivity contribution >= 4 is 0 Å². The smallest absolute Gasteiger partial charge is 0.0570 e. The quantitative estimate of drug-likeness (QED) is 0.862. The Morgan fingerprint density at radius 2 is 1.88 bits per heavy atom. The first-order valence-corrected chi connectivity index (χ1v) is 6.82. The molecule has 3 atom stereocenters. The van der Waals surface area contributed by atoms with Crippen LogP contribution >= 0.6 is 0 Å². The number of rotatable bonds is 3. The molecule has 1 fully saturated rings. The van der Waals surface area contributed by atoms with Gasteiger partial charge in [0, 0.05) is 18.3 Å². The molecule has 1 aliphatic rings. The van der Waals surface area contributed by atoms with E-state index in [1.807, 2.05) is 12.3 Å². The summed E-state index contributed by atoms with van der Waals surface area (Å²) in [4.78, 5) is 4.42. The molecule has 1 saturated carbocycles. The summed E-state index contributed by atoms with van der Waals surface area (Å²) in [6, 6.07) is 7.16. The van der Waals surface area contributed by atoms with E-state index in [2.05, 4.69) is 43.2 Å². The van der Waals surface area contributed by atoms with Gasteiger partial charge in [-0.05, 0) is 50.2 Å². The van der Waals surface area contributed by atoms with Gasteiger partial charge in [-0.15, -0.1) is 0 Å². The molecule has 0 bridgehead atoms. The van der Waals surface area contributed by atoms with Crippen molar-refractivity contribution in [2.24, 2.45) is 11.8 Å². The molecule has 2 heteroatoms. The van der Waals surface area contributed by atoms with Crippen molar-refractivity contribution in [3.05, 3.63) is 30.1 Å². The molecular formula is C15H24N2. The highest BCUT2D eigenvalue weighted by Gasteiger charge is 2.25. The molecule has 94 valence electrons. The molecule has 0 radical (unpaired) electrons. The first-order chi connectivity index (χ1) is 8.15. The Kier molecular flexibility index (Phi) is 4.16. The number of nitrogens with one attached hydrogen (secondary N) is 1. The fourth-order valence-electron chi connectivity index (χ4n) is 3.15. The molecule has 0 amide bonds. The SMILES string of the molecule is CC1CC(C)CC(N[C@@H](C)c2ccccn2)C1. The second kappa shape index (κ2) is 5.63. The van der Waals surface area contributed by atoms with Crippen LogP contribution in [0.2, 0.25) is 0 Å². The highest BCUT2D eigenvalue weighted by atomic mass is 15.0. The summed E-state index contributed by atoms with van der Waals surface area (Å²) in [5.74, 6) is 1.71. The zero-order chi connectivity index (χ0) is 12.3. The highest BCUT2D eigenvalue weighted by molar-refractivity contribution is 5.08. The number of hydrogen-bond donors (Lipinski definition) is 1. The van der Waals surface area contributed by atoms with Gasteiger partial charge < -0.3 is 5.32 Å². The van der Waals surface area contributed by atoms with Crippen LogP contribution in [0.5, 0.6) is 0 Å². The van der Waals surface area contributed by atoms with Crippen molar-refractivity contribution in [2.75, 3.05) is 0 Å². The highest BCUT2D eigenvalue weighted by Crippen LogP contribution is 2.29. The van der Waals surface area contributed by atoms with Crippen LogP contribution in [-0.2, 0) is 0 Å². The summed E-state index contributed by atoms with van der Waals surface area (Å²) >= 11 is 0. The maximum Gasteiger partial charge on any atom is 0.0570 e. The van der Waals surface area contributed by atoms with Gasteiger partial charge in [-0.2, -0.15) is 0 Å². The number of nitrogens with zero attached hydrogens (tertiary/aromatic N) is 1. The Hall–Kier alpha value is -0.890. The molecular weight excluding hydrogens is 208 g/mol. The molecule has 0 aliphatic heterocycles. The molecule has 2 unspecified atom stereocenters. The summed E-state index contributed by atoms with van der Waals surface area (Å²) in [6.07, 6.45) is 5.87. The van der Waals surface area contributed by atoms with Gasteiger partial charge in [0.1, 0.15) is 0 Å². The van der Waals surface area contributed by atoms with E-state index in [4.69, 9.17) is 0 Å². The third kappa shape index (κ3) is 3.53. The van der Waals surface area contributed by atoms with Crippen LogP contribution in [0.4, 0.5) is 0 Å². The predicted octanol–water partition coefficient (Wildman–Crippen LogP) is 3.56. The molecule has 1 N–H and O–H groups in total. The Balaban J connectivity index is 1.92. The Morgan fingerprint density at radius 3 is 2.47 bits per heavy atom. The zero-order valence-electron chi connectivity index (χ0n) is 11.2. The van der Waals surface area contributed by atoms with E-state index < -0.39 is 0 Å². The van der Waals surface area contributed by atoms with Crippen molar-refractivity contribution in [3.63, 3.8) is 0 Å². The second-order valence-corrected chi connectivity index (χ2v) is 5.76. The minimum absolute atomic E-state index is 0.360.